The first-order valence-corrected chi connectivity index (χ1v) is 8.07. The summed E-state index contributed by atoms with van der Waals surface area (Å²) >= 11 is 0.801. The summed E-state index contributed by atoms with van der Waals surface area (Å²) in [4.78, 5) is 14.5. The van der Waals surface area contributed by atoms with Gasteiger partial charge in [0.15, 0.2) is 9.90 Å². The standard InChI is InChI=1S/C10H14N2O5S2/c1-6-4-7(2-3-17-6)12-19(15,16)10-8(9(13)14)11-5-18-10/h5-7,12H,2-4H2,1H3,(H,13,14). The number of hydrogen-bond acceptors (Lipinski definition) is 6. The second-order valence-corrected chi connectivity index (χ2v) is 7.08. The van der Waals surface area contributed by atoms with E-state index in [4.69, 9.17) is 9.84 Å². The summed E-state index contributed by atoms with van der Waals surface area (Å²) in [6.45, 7) is 2.36. The molecule has 2 heterocycles. The second-order valence-electron chi connectivity index (χ2n) is 4.32. The number of carboxylic acids is 1. The number of aromatic nitrogens is 1. The van der Waals surface area contributed by atoms with E-state index in [-0.39, 0.29) is 16.4 Å². The van der Waals surface area contributed by atoms with Crippen molar-refractivity contribution in [2.24, 2.45) is 0 Å². The molecule has 2 unspecified atom stereocenters. The molecule has 19 heavy (non-hydrogen) atoms. The molecule has 0 spiro atoms. The maximum Gasteiger partial charge on any atom is 0.356 e. The molecule has 2 atom stereocenters. The molecular weight excluding hydrogens is 292 g/mol. The van der Waals surface area contributed by atoms with Gasteiger partial charge in [-0.1, -0.05) is 0 Å². The summed E-state index contributed by atoms with van der Waals surface area (Å²) in [5.41, 5.74) is 0.780. The van der Waals surface area contributed by atoms with Crippen LogP contribution in [-0.2, 0) is 14.8 Å². The van der Waals surface area contributed by atoms with Gasteiger partial charge in [-0.2, -0.15) is 0 Å². The summed E-state index contributed by atoms with van der Waals surface area (Å²) in [6.07, 6.45) is 1.13. The van der Waals surface area contributed by atoms with Crippen LogP contribution in [0, 0.1) is 0 Å². The number of carboxylic acid groups (broad SMARTS) is 1. The number of nitrogens with one attached hydrogen (secondary N) is 1. The van der Waals surface area contributed by atoms with Crippen LogP contribution >= 0.6 is 11.3 Å². The third-order valence-electron chi connectivity index (χ3n) is 2.79. The molecule has 0 bridgehead atoms. The number of thiazole rings is 1. The van der Waals surface area contributed by atoms with Gasteiger partial charge < -0.3 is 9.84 Å². The first kappa shape index (κ1) is 14.4. The number of carbonyl (C=O) groups is 1. The van der Waals surface area contributed by atoms with Crippen molar-refractivity contribution >= 4 is 27.3 Å². The van der Waals surface area contributed by atoms with Crippen LogP contribution in [0.3, 0.4) is 0 Å². The van der Waals surface area contributed by atoms with Crippen LogP contribution in [0.1, 0.15) is 30.3 Å². The van der Waals surface area contributed by atoms with E-state index < -0.39 is 21.7 Å². The fourth-order valence-corrected chi connectivity index (χ4v) is 4.39. The summed E-state index contributed by atoms with van der Waals surface area (Å²) < 4.78 is 31.9. The summed E-state index contributed by atoms with van der Waals surface area (Å²) in [5, 5.41) is 8.90. The van der Waals surface area contributed by atoms with Crippen molar-refractivity contribution in [3.8, 4) is 0 Å². The Bertz CT molecular complexity index is 568. The monoisotopic (exact) mass is 306 g/mol. The minimum atomic E-state index is -3.85. The van der Waals surface area contributed by atoms with Gasteiger partial charge in [0.05, 0.1) is 11.6 Å². The quantitative estimate of drug-likeness (QED) is 0.847. The molecule has 1 aliphatic heterocycles. The Hall–Kier alpha value is -1.03. The highest BCUT2D eigenvalue weighted by molar-refractivity contribution is 7.91. The van der Waals surface area contributed by atoms with Crippen LogP contribution in [0.25, 0.3) is 0 Å². The summed E-state index contributed by atoms with van der Waals surface area (Å²) in [6, 6.07) is -0.238. The van der Waals surface area contributed by atoms with Crippen molar-refractivity contribution in [1.29, 1.82) is 0 Å². The summed E-state index contributed by atoms with van der Waals surface area (Å²) in [7, 11) is -3.85. The molecule has 0 aromatic carbocycles. The largest absolute Gasteiger partial charge is 0.476 e. The molecule has 0 aliphatic carbocycles. The molecule has 9 heteroatoms. The Balaban J connectivity index is 2.18. The van der Waals surface area contributed by atoms with Crippen LogP contribution in [0.4, 0.5) is 0 Å². The van der Waals surface area contributed by atoms with Crippen LogP contribution < -0.4 is 4.72 Å². The molecular formula is C10H14N2O5S2. The van der Waals surface area contributed by atoms with Crippen molar-refractivity contribution < 1.29 is 23.1 Å². The van der Waals surface area contributed by atoms with E-state index in [1.54, 1.807) is 0 Å². The van der Waals surface area contributed by atoms with Crippen LogP contribution in [0.15, 0.2) is 9.72 Å². The summed E-state index contributed by atoms with van der Waals surface area (Å²) in [5.74, 6) is -1.35. The maximum absolute atomic E-state index is 12.1. The average molecular weight is 306 g/mol. The van der Waals surface area contributed by atoms with Gasteiger partial charge in [0.25, 0.3) is 10.0 Å². The Morgan fingerprint density at radius 3 is 3.00 bits per heavy atom. The molecule has 1 aliphatic rings. The van der Waals surface area contributed by atoms with Gasteiger partial charge in [-0.15, -0.1) is 11.3 Å². The van der Waals surface area contributed by atoms with Crippen molar-refractivity contribution in [3.05, 3.63) is 11.2 Å². The first-order valence-electron chi connectivity index (χ1n) is 5.71. The van der Waals surface area contributed by atoms with E-state index in [2.05, 4.69) is 9.71 Å². The lowest BCUT2D eigenvalue weighted by Gasteiger charge is -2.27. The van der Waals surface area contributed by atoms with Gasteiger partial charge >= 0.3 is 5.97 Å². The van der Waals surface area contributed by atoms with Crippen LogP contribution in [0.2, 0.25) is 0 Å². The zero-order chi connectivity index (χ0) is 14.0. The van der Waals surface area contributed by atoms with E-state index in [1.165, 1.54) is 5.51 Å². The highest BCUT2D eigenvalue weighted by Crippen LogP contribution is 2.22. The van der Waals surface area contributed by atoms with Gasteiger partial charge in [0.2, 0.25) is 0 Å². The molecule has 0 radical (unpaired) electrons. The van der Waals surface area contributed by atoms with E-state index in [0.29, 0.717) is 19.4 Å². The minimum absolute atomic E-state index is 0.0122. The van der Waals surface area contributed by atoms with Gasteiger partial charge in [0.1, 0.15) is 0 Å². The predicted octanol–water partition coefficient (Wildman–Crippen LogP) is 0.687. The third-order valence-corrected chi connectivity index (χ3v) is 5.68. The van der Waals surface area contributed by atoms with Gasteiger partial charge in [-0.25, -0.2) is 22.9 Å². The highest BCUT2D eigenvalue weighted by atomic mass is 32.2. The topological polar surface area (TPSA) is 106 Å². The smallest absolute Gasteiger partial charge is 0.356 e. The third kappa shape index (κ3) is 3.30. The average Bonchev–Trinajstić information content (AvgIpc) is 2.77. The molecule has 1 aromatic heterocycles. The molecule has 7 nitrogen and oxygen atoms in total. The van der Waals surface area contributed by atoms with E-state index in [9.17, 15) is 13.2 Å². The number of ether oxygens (including phenoxy) is 1. The minimum Gasteiger partial charge on any atom is -0.476 e. The van der Waals surface area contributed by atoms with Crippen molar-refractivity contribution in [2.45, 2.75) is 36.1 Å². The Kier molecular flexibility index (Phi) is 4.19. The molecule has 106 valence electrons. The number of nitrogens with zero attached hydrogens (tertiary/aromatic N) is 1. The molecule has 0 saturated carbocycles. The van der Waals surface area contributed by atoms with E-state index in [0.717, 1.165) is 11.3 Å². The van der Waals surface area contributed by atoms with Crippen molar-refractivity contribution in [1.82, 2.24) is 9.71 Å². The predicted molar refractivity (Wildman–Crippen MR) is 67.8 cm³/mol. The lowest BCUT2D eigenvalue weighted by atomic mass is 10.1. The van der Waals surface area contributed by atoms with Gasteiger partial charge in [-0.3, -0.25) is 0 Å². The van der Waals surface area contributed by atoms with Crippen molar-refractivity contribution in [2.75, 3.05) is 6.61 Å². The van der Waals surface area contributed by atoms with Gasteiger partial charge in [-0.05, 0) is 19.8 Å². The Morgan fingerprint density at radius 1 is 1.63 bits per heavy atom. The molecule has 0 amide bonds. The normalized spacial score (nSPS) is 24.3. The van der Waals surface area contributed by atoms with E-state index >= 15 is 0 Å². The lowest BCUT2D eigenvalue weighted by Crippen LogP contribution is -2.41. The number of hydrogen-bond donors (Lipinski definition) is 2. The van der Waals surface area contributed by atoms with Crippen LogP contribution in [-0.4, -0.2) is 43.2 Å². The molecule has 2 N–H and O–H groups in total. The first-order chi connectivity index (χ1) is 8.90. The maximum atomic E-state index is 12.1. The zero-order valence-corrected chi connectivity index (χ0v) is 11.8. The van der Waals surface area contributed by atoms with Gasteiger partial charge in [0, 0.05) is 12.6 Å². The number of aromatic carboxylic acids is 1. The fraction of sp³-hybridized carbons (Fsp3) is 0.600. The van der Waals surface area contributed by atoms with Crippen molar-refractivity contribution in [3.63, 3.8) is 0 Å². The molecule has 1 aromatic rings. The second kappa shape index (κ2) is 5.53. The highest BCUT2D eigenvalue weighted by Gasteiger charge is 2.30. The zero-order valence-electron chi connectivity index (χ0n) is 10.2. The number of rotatable bonds is 4. The fourth-order valence-electron chi connectivity index (χ4n) is 1.95. The lowest BCUT2D eigenvalue weighted by molar-refractivity contribution is 0.0173. The number of sulfonamides is 1. The molecule has 1 fully saturated rings. The SMILES string of the molecule is CC1CC(NS(=O)(=O)c2scnc2C(=O)O)CCO1. The van der Waals surface area contributed by atoms with E-state index in [1.807, 2.05) is 6.92 Å². The molecule has 2 rings (SSSR count). The Labute approximate surface area is 114 Å². The Morgan fingerprint density at radius 2 is 2.37 bits per heavy atom. The van der Waals surface area contributed by atoms with Crippen LogP contribution in [0.5, 0.6) is 0 Å². The molecule has 1 saturated heterocycles.